The number of imidazole rings is 1. The zero-order chi connectivity index (χ0) is 28.7. The molecule has 0 aliphatic heterocycles. The van der Waals surface area contributed by atoms with Crippen molar-refractivity contribution < 1.29 is 31.3 Å². The van der Waals surface area contributed by atoms with Crippen molar-refractivity contribution in [2.45, 2.75) is 49.2 Å². The third kappa shape index (κ3) is 3.93. The largest absolute Gasteiger partial charge is 0.401 e. The number of halogens is 5. The van der Waals surface area contributed by atoms with Gasteiger partial charge in [-0.1, -0.05) is 5.16 Å². The lowest BCUT2D eigenvalue weighted by Gasteiger charge is -2.34. The monoisotopic (exact) mass is 574 g/mol. The zero-order valence-corrected chi connectivity index (χ0v) is 20.8. The molecule has 5 heterocycles. The van der Waals surface area contributed by atoms with E-state index < -0.39 is 29.6 Å². The number of amides is 2. The molecule has 212 valence electrons. The first-order chi connectivity index (χ1) is 19.5. The van der Waals surface area contributed by atoms with Crippen LogP contribution in [-0.2, 0) is 5.41 Å². The fourth-order valence-electron chi connectivity index (χ4n) is 5.16. The summed E-state index contributed by atoms with van der Waals surface area (Å²) in [6, 6.07) is 2.85. The second-order valence-electron chi connectivity index (χ2n) is 10.2. The highest BCUT2D eigenvalue weighted by Crippen LogP contribution is 2.59. The number of aromatic nitrogens is 7. The second kappa shape index (κ2) is 8.34. The van der Waals surface area contributed by atoms with Gasteiger partial charge in [-0.2, -0.15) is 18.3 Å². The highest BCUT2D eigenvalue weighted by Gasteiger charge is 2.67. The van der Waals surface area contributed by atoms with Crippen LogP contribution in [0.1, 0.15) is 37.5 Å². The molecule has 4 N–H and O–H groups in total. The average molecular weight is 574 g/mol. The molecular weight excluding hydrogens is 555 g/mol. The van der Waals surface area contributed by atoms with Crippen LogP contribution in [0.2, 0.25) is 0 Å². The van der Waals surface area contributed by atoms with Gasteiger partial charge in [0.05, 0.1) is 22.8 Å². The Balaban J connectivity index is 1.18. The van der Waals surface area contributed by atoms with E-state index >= 15 is 0 Å². The Bertz CT molecular complexity index is 1830. The number of nitrogens with zero attached hydrogens (tertiary/aromatic N) is 7. The van der Waals surface area contributed by atoms with Crippen molar-refractivity contribution in [1.82, 2.24) is 34.3 Å². The molecule has 0 spiro atoms. The van der Waals surface area contributed by atoms with Gasteiger partial charge in [0.15, 0.2) is 22.9 Å². The number of pyridine rings is 1. The highest BCUT2D eigenvalue weighted by atomic mass is 19.4. The number of fused-ring (bicyclic) bond motifs is 2. The minimum Gasteiger partial charge on any atom is -0.383 e. The van der Waals surface area contributed by atoms with E-state index in [0.717, 1.165) is 6.07 Å². The normalized spacial score (nSPS) is 18.0. The Morgan fingerprint density at radius 3 is 2.59 bits per heavy atom. The number of nitrogens with one attached hydrogen (secondary N) is 2. The van der Waals surface area contributed by atoms with Gasteiger partial charge in [0.2, 0.25) is 0 Å². The van der Waals surface area contributed by atoms with Crippen molar-refractivity contribution in [3.63, 3.8) is 0 Å². The number of hydrogen-bond donors (Lipinski definition) is 3. The first-order valence-electron chi connectivity index (χ1n) is 12.4. The van der Waals surface area contributed by atoms with E-state index in [-0.39, 0.29) is 48.8 Å². The average Bonchev–Trinajstić information content (AvgIpc) is 3.22. The summed E-state index contributed by atoms with van der Waals surface area (Å²) in [6.45, 7) is 0. The van der Waals surface area contributed by atoms with E-state index in [1.807, 2.05) is 0 Å². The molecule has 2 aliphatic carbocycles. The summed E-state index contributed by atoms with van der Waals surface area (Å²) < 4.78 is 75.3. The van der Waals surface area contributed by atoms with Gasteiger partial charge in [0, 0.05) is 31.3 Å². The van der Waals surface area contributed by atoms with Crippen LogP contribution in [0.4, 0.5) is 44.1 Å². The topological polar surface area (TPSA) is 154 Å². The van der Waals surface area contributed by atoms with Crippen LogP contribution >= 0.6 is 0 Å². The molecule has 2 aliphatic rings. The number of carbonyl (C=O) groups is 1. The number of urea groups is 1. The van der Waals surface area contributed by atoms with Crippen molar-refractivity contribution >= 4 is 40.0 Å². The molecule has 2 saturated carbocycles. The van der Waals surface area contributed by atoms with E-state index in [1.165, 1.54) is 23.3 Å². The Morgan fingerprint density at radius 2 is 1.88 bits per heavy atom. The second-order valence-corrected chi connectivity index (χ2v) is 10.2. The van der Waals surface area contributed by atoms with Crippen LogP contribution in [0.5, 0.6) is 0 Å². The fraction of sp³-hybridized carbons (Fsp3) is 0.333. The molecule has 0 unspecified atom stereocenters. The summed E-state index contributed by atoms with van der Waals surface area (Å²) >= 11 is 0. The van der Waals surface area contributed by atoms with Crippen molar-refractivity contribution in [2.24, 2.45) is 0 Å². The highest BCUT2D eigenvalue weighted by molar-refractivity contribution is 6.02. The number of anilines is 3. The third-order valence-corrected chi connectivity index (χ3v) is 7.49. The van der Waals surface area contributed by atoms with E-state index in [4.69, 9.17) is 10.3 Å². The summed E-state index contributed by atoms with van der Waals surface area (Å²) in [7, 11) is 0. The molecule has 0 bridgehead atoms. The van der Waals surface area contributed by atoms with Gasteiger partial charge in [-0.05, 0) is 25.0 Å². The van der Waals surface area contributed by atoms with Crippen LogP contribution in [0, 0.1) is 0 Å². The summed E-state index contributed by atoms with van der Waals surface area (Å²) in [5.74, 6) is -3.21. The van der Waals surface area contributed by atoms with E-state index in [1.54, 1.807) is 16.7 Å². The summed E-state index contributed by atoms with van der Waals surface area (Å²) in [6.07, 6.45) is -1.15. The van der Waals surface area contributed by atoms with Crippen LogP contribution in [0.3, 0.4) is 0 Å². The maximum Gasteiger partial charge on any atom is 0.401 e. The molecule has 7 rings (SSSR count). The lowest BCUT2D eigenvalue weighted by Crippen LogP contribution is -2.37. The first kappa shape index (κ1) is 25.2. The Kier molecular flexibility index (Phi) is 5.12. The van der Waals surface area contributed by atoms with E-state index in [9.17, 15) is 26.7 Å². The molecule has 0 aromatic carbocycles. The fourth-order valence-corrected chi connectivity index (χ4v) is 5.16. The van der Waals surface area contributed by atoms with E-state index in [0.29, 0.717) is 28.1 Å². The molecule has 0 atom stereocenters. The summed E-state index contributed by atoms with van der Waals surface area (Å²) in [4.78, 5) is 25.3. The third-order valence-electron chi connectivity index (χ3n) is 7.49. The quantitative estimate of drug-likeness (QED) is 0.250. The number of nitrogen functional groups attached to an aromatic ring is 1. The standard InChI is InChI=1S/C24H19F5N10O2/c25-23(26)8-11(9-23)39-20-16(18(30)32-10-33-20)17(36-39)13-2-1-12(19-31-5-6-38(13)19)34-21(40)35-15-7-14(41-37-15)22(3-4-22)24(27,28)29/h1-2,5-7,10-11H,3-4,8-9H2,(H2,30,32,33)(H2,34,35,37,40). The van der Waals surface area contributed by atoms with Crippen molar-refractivity contribution in [3.05, 3.63) is 42.7 Å². The number of carbonyl (C=O) groups excluding carboxylic acids is 1. The van der Waals surface area contributed by atoms with Gasteiger partial charge in [-0.3, -0.25) is 9.72 Å². The van der Waals surface area contributed by atoms with Gasteiger partial charge in [0.1, 0.15) is 23.3 Å². The summed E-state index contributed by atoms with van der Waals surface area (Å²) in [5, 5.41) is 13.5. The Hall–Kier alpha value is -4.83. The molecule has 17 heteroatoms. The van der Waals surface area contributed by atoms with Gasteiger partial charge >= 0.3 is 12.2 Å². The predicted molar refractivity (Wildman–Crippen MR) is 133 cm³/mol. The molecular formula is C24H19F5N10O2. The van der Waals surface area contributed by atoms with E-state index in [2.05, 4.69) is 35.8 Å². The number of nitrogens with two attached hydrogens (primary N) is 1. The molecule has 0 radical (unpaired) electrons. The lowest BCUT2D eigenvalue weighted by atomic mass is 9.88. The SMILES string of the molecule is Nc1ncnc2c1c(-c1ccc(NC(=O)Nc3cc(C4(C(F)(F)F)CC4)on3)c3nccn13)nn2C1CC(F)(F)C1. The zero-order valence-electron chi connectivity index (χ0n) is 20.8. The maximum absolute atomic E-state index is 13.6. The molecule has 41 heavy (non-hydrogen) atoms. The number of rotatable bonds is 5. The van der Waals surface area contributed by atoms with Crippen LogP contribution in [0.25, 0.3) is 28.1 Å². The smallest absolute Gasteiger partial charge is 0.383 e. The summed E-state index contributed by atoms with van der Waals surface area (Å²) in [5.41, 5.74) is 5.74. The maximum atomic E-state index is 13.6. The molecule has 0 saturated heterocycles. The van der Waals surface area contributed by atoms with Gasteiger partial charge in [-0.25, -0.2) is 33.2 Å². The minimum atomic E-state index is -4.49. The van der Waals surface area contributed by atoms with Crippen LogP contribution in [-0.4, -0.2) is 52.4 Å². The molecule has 12 nitrogen and oxygen atoms in total. The first-order valence-corrected chi connectivity index (χ1v) is 12.4. The van der Waals surface area contributed by atoms with Crippen molar-refractivity contribution in [1.29, 1.82) is 0 Å². The van der Waals surface area contributed by atoms with Crippen LogP contribution in [0.15, 0.2) is 41.4 Å². The molecule has 5 aromatic rings. The predicted octanol–water partition coefficient (Wildman–Crippen LogP) is 4.92. The van der Waals surface area contributed by atoms with Gasteiger partial charge in [-0.15, -0.1) is 0 Å². The van der Waals surface area contributed by atoms with Crippen molar-refractivity contribution in [2.75, 3.05) is 16.4 Å². The molecule has 5 aromatic heterocycles. The lowest BCUT2D eigenvalue weighted by molar-refractivity contribution is -0.165. The number of alkyl halides is 5. The minimum absolute atomic E-state index is 0.111. The van der Waals surface area contributed by atoms with Crippen LogP contribution < -0.4 is 16.4 Å². The number of hydrogen-bond acceptors (Lipinski definition) is 8. The Labute approximate surface area is 225 Å². The van der Waals surface area contributed by atoms with Gasteiger partial charge in [0.25, 0.3) is 5.92 Å². The molecule has 2 fully saturated rings. The van der Waals surface area contributed by atoms with Crippen molar-refractivity contribution in [3.8, 4) is 11.4 Å². The Morgan fingerprint density at radius 1 is 1.10 bits per heavy atom. The molecule has 2 amide bonds. The van der Waals surface area contributed by atoms with Gasteiger partial charge < -0.3 is 15.6 Å².